The van der Waals surface area contributed by atoms with Gasteiger partial charge in [0.25, 0.3) is 0 Å². The Bertz CT molecular complexity index is 1220. The maximum absolute atomic E-state index is 12.9. The van der Waals surface area contributed by atoms with E-state index >= 15 is 0 Å². The van der Waals surface area contributed by atoms with Crippen LogP contribution in [0.2, 0.25) is 5.02 Å². The third-order valence-electron chi connectivity index (χ3n) is 4.38. The van der Waals surface area contributed by atoms with Gasteiger partial charge in [-0.2, -0.15) is 5.26 Å². The second-order valence-corrected chi connectivity index (χ2v) is 6.60. The largest absolute Gasteiger partial charge is 0.479 e. The van der Waals surface area contributed by atoms with Crippen molar-refractivity contribution in [1.82, 2.24) is 4.40 Å². The summed E-state index contributed by atoms with van der Waals surface area (Å²) in [6, 6.07) is 20.1. The Balaban J connectivity index is 1.72. The molecule has 0 atom stereocenters. The van der Waals surface area contributed by atoms with Crippen molar-refractivity contribution in [3.8, 4) is 11.8 Å². The Labute approximate surface area is 166 Å². The molecule has 0 spiro atoms. The summed E-state index contributed by atoms with van der Waals surface area (Å²) in [5, 5.41) is 10.1. The minimum absolute atomic E-state index is 0.0383. The number of rotatable bonds is 5. The number of nitriles is 1. The van der Waals surface area contributed by atoms with E-state index in [1.165, 1.54) is 0 Å². The highest BCUT2D eigenvalue weighted by molar-refractivity contribution is 6.30. The van der Waals surface area contributed by atoms with Crippen LogP contribution in [0.1, 0.15) is 15.9 Å². The molecule has 0 fully saturated rings. The van der Waals surface area contributed by atoms with Gasteiger partial charge in [-0.1, -0.05) is 29.8 Å². The number of aromatic nitrogens is 1. The third kappa shape index (κ3) is 3.38. The lowest BCUT2D eigenvalue weighted by Crippen LogP contribution is -2.05. The molecule has 0 saturated heterocycles. The van der Waals surface area contributed by atoms with E-state index in [1.54, 1.807) is 18.2 Å². The lowest BCUT2D eigenvalue weighted by atomic mass is 10.1. The molecule has 4 rings (SSSR count). The Morgan fingerprint density at radius 3 is 2.79 bits per heavy atom. The Morgan fingerprint density at radius 1 is 1.07 bits per heavy atom. The third-order valence-corrected chi connectivity index (χ3v) is 4.62. The second-order valence-electron chi connectivity index (χ2n) is 6.16. The summed E-state index contributed by atoms with van der Waals surface area (Å²) >= 11 is 5.99. The first-order valence-electron chi connectivity index (χ1n) is 8.61. The van der Waals surface area contributed by atoms with Crippen LogP contribution >= 0.6 is 11.6 Å². The van der Waals surface area contributed by atoms with Gasteiger partial charge in [0.15, 0.2) is 6.61 Å². The van der Waals surface area contributed by atoms with Crippen LogP contribution < -0.4 is 4.74 Å². The summed E-state index contributed by atoms with van der Waals surface area (Å²) in [6.45, 7) is 0.0950. The molecule has 6 heteroatoms. The smallest absolute Gasteiger partial charge is 0.341 e. The predicted octanol–water partition coefficient (Wildman–Crippen LogP) is 5.01. The van der Waals surface area contributed by atoms with Crippen molar-refractivity contribution in [3.05, 3.63) is 83.0 Å². The fraction of sp³-hybridized carbons (Fsp3) is 0.0909. The molecular formula is C22H15ClN2O3. The van der Waals surface area contributed by atoms with Gasteiger partial charge >= 0.3 is 5.97 Å². The van der Waals surface area contributed by atoms with Crippen LogP contribution in [-0.2, 0) is 11.3 Å². The van der Waals surface area contributed by atoms with Crippen molar-refractivity contribution in [1.29, 1.82) is 5.26 Å². The number of pyridine rings is 1. The summed E-state index contributed by atoms with van der Waals surface area (Å²) in [6.07, 6.45) is 1.87. The van der Waals surface area contributed by atoms with Gasteiger partial charge in [0.2, 0.25) is 0 Å². The highest BCUT2D eigenvalue weighted by atomic mass is 35.5. The molecule has 0 bridgehead atoms. The predicted molar refractivity (Wildman–Crippen MR) is 107 cm³/mol. The molecule has 0 aliphatic rings. The van der Waals surface area contributed by atoms with Gasteiger partial charge in [0.1, 0.15) is 18.4 Å². The molecule has 2 aromatic carbocycles. The molecule has 0 radical (unpaired) electrons. The molecule has 2 aromatic heterocycles. The van der Waals surface area contributed by atoms with Crippen molar-refractivity contribution < 1.29 is 14.3 Å². The van der Waals surface area contributed by atoms with Crippen molar-refractivity contribution >= 4 is 34.0 Å². The summed E-state index contributed by atoms with van der Waals surface area (Å²) in [7, 11) is 0. The Hall–Kier alpha value is -3.49. The molecule has 0 unspecified atom stereocenters. The van der Waals surface area contributed by atoms with E-state index in [0.717, 1.165) is 22.0 Å². The number of carbonyl (C=O) groups excluding carboxylic acids is 1. The molecule has 0 N–H and O–H groups in total. The number of ether oxygens (including phenoxy) is 2. The van der Waals surface area contributed by atoms with Gasteiger partial charge in [0.05, 0.1) is 16.6 Å². The highest BCUT2D eigenvalue weighted by Crippen LogP contribution is 2.30. The van der Waals surface area contributed by atoms with Crippen LogP contribution in [0.15, 0.2) is 66.9 Å². The van der Waals surface area contributed by atoms with E-state index in [-0.39, 0.29) is 13.2 Å². The van der Waals surface area contributed by atoms with Gasteiger partial charge in [-0.25, -0.2) is 4.79 Å². The lowest BCUT2D eigenvalue weighted by Gasteiger charge is -2.06. The molecule has 0 aliphatic heterocycles. The van der Waals surface area contributed by atoms with Crippen LogP contribution in [0.4, 0.5) is 0 Å². The SMILES string of the molecule is N#CCOc1ccc2c(C(=O)OCc3cccc(Cl)c3)c3ccccn3c2c1. The number of hydrogen-bond acceptors (Lipinski definition) is 4. The molecule has 0 aliphatic carbocycles. The first kappa shape index (κ1) is 17.9. The average Bonchev–Trinajstić information content (AvgIpc) is 3.04. The van der Waals surface area contributed by atoms with E-state index in [1.807, 2.05) is 59.1 Å². The zero-order chi connectivity index (χ0) is 19.5. The second kappa shape index (κ2) is 7.63. The van der Waals surface area contributed by atoms with E-state index < -0.39 is 5.97 Å². The highest BCUT2D eigenvalue weighted by Gasteiger charge is 2.20. The van der Waals surface area contributed by atoms with Crippen molar-refractivity contribution in [2.45, 2.75) is 6.61 Å². The van der Waals surface area contributed by atoms with Crippen LogP contribution in [0.5, 0.6) is 5.75 Å². The molecule has 0 saturated carbocycles. The zero-order valence-electron chi connectivity index (χ0n) is 14.8. The summed E-state index contributed by atoms with van der Waals surface area (Å²) in [4.78, 5) is 12.9. The maximum Gasteiger partial charge on any atom is 0.341 e. The van der Waals surface area contributed by atoms with Crippen LogP contribution in [0, 0.1) is 11.3 Å². The summed E-state index contributed by atoms with van der Waals surface area (Å²) < 4.78 is 12.9. The molecule has 2 heterocycles. The minimum atomic E-state index is -0.413. The molecule has 28 heavy (non-hydrogen) atoms. The molecular weight excluding hydrogens is 376 g/mol. The number of nitrogens with zero attached hydrogens (tertiary/aromatic N) is 2. The minimum Gasteiger partial charge on any atom is -0.479 e. The van der Waals surface area contributed by atoms with E-state index in [9.17, 15) is 4.79 Å². The normalized spacial score (nSPS) is 10.7. The molecule has 4 aromatic rings. The maximum atomic E-state index is 12.9. The fourth-order valence-corrected chi connectivity index (χ4v) is 3.40. The van der Waals surface area contributed by atoms with Crippen LogP contribution in [-0.4, -0.2) is 17.0 Å². The van der Waals surface area contributed by atoms with Gasteiger partial charge in [-0.05, 0) is 42.0 Å². The molecule has 0 amide bonds. The first-order valence-corrected chi connectivity index (χ1v) is 8.99. The van der Waals surface area contributed by atoms with E-state index in [2.05, 4.69) is 0 Å². The number of carbonyl (C=O) groups is 1. The number of halogens is 1. The van der Waals surface area contributed by atoms with Gasteiger partial charge in [-0.3, -0.25) is 0 Å². The average molecular weight is 391 g/mol. The number of fused-ring (bicyclic) bond motifs is 3. The van der Waals surface area contributed by atoms with E-state index in [0.29, 0.717) is 16.3 Å². The van der Waals surface area contributed by atoms with Gasteiger partial charge < -0.3 is 13.9 Å². The molecule has 5 nitrogen and oxygen atoms in total. The van der Waals surface area contributed by atoms with Crippen LogP contribution in [0.25, 0.3) is 16.4 Å². The van der Waals surface area contributed by atoms with Crippen molar-refractivity contribution in [2.75, 3.05) is 6.61 Å². The standard InChI is InChI=1S/C22H15ClN2O3/c23-16-5-3-4-15(12-16)14-28-22(26)21-18-8-7-17(27-11-9-24)13-20(18)25-10-2-1-6-19(21)25/h1-8,10,12-13H,11,14H2. The summed E-state index contributed by atoms with van der Waals surface area (Å²) in [5.74, 6) is 0.153. The topological polar surface area (TPSA) is 63.7 Å². The summed E-state index contributed by atoms with van der Waals surface area (Å²) in [5.41, 5.74) is 2.86. The molecule has 138 valence electrons. The quantitative estimate of drug-likeness (QED) is 0.449. The fourth-order valence-electron chi connectivity index (χ4n) is 3.18. The Morgan fingerprint density at radius 2 is 1.96 bits per heavy atom. The van der Waals surface area contributed by atoms with Gasteiger partial charge in [0, 0.05) is 22.7 Å². The number of benzene rings is 2. The first-order chi connectivity index (χ1) is 13.7. The Kier molecular flexibility index (Phi) is 4.88. The number of hydrogen-bond donors (Lipinski definition) is 0. The van der Waals surface area contributed by atoms with Crippen LogP contribution in [0.3, 0.4) is 0 Å². The van der Waals surface area contributed by atoms with E-state index in [4.69, 9.17) is 26.3 Å². The monoisotopic (exact) mass is 390 g/mol. The van der Waals surface area contributed by atoms with Gasteiger partial charge in [-0.15, -0.1) is 0 Å². The van der Waals surface area contributed by atoms with Crippen molar-refractivity contribution in [2.24, 2.45) is 0 Å². The van der Waals surface area contributed by atoms with Crippen molar-refractivity contribution in [3.63, 3.8) is 0 Å². The zero-order valence-corrected chi connectivity index (χ0v) is 15.5. The number of esters is 1. The lowest BCUT2D eigenvalue weighted by molar-refractivity contribution is 0.0477.